The third-order valence-electron chi connectivity index (χ3n) is 4.40. The first kappa shape index (κ1) is 18.7. The van der Waals surface area contributed by atoms with Crippen LogP contribution in [0.4, 0.5) is 13.2 Å². The number of hydrogen-bond donors (Lipinski definition) is 2. The zero-order valence-corrected chi connectivity index (χ0v) is 14.2. The van der Waals surface area contributed by atoms with Crippen molar-refractivity contribution in [2.75, 3.05) is 0 Å². The standard InChI is InChI=1S/C17H16ClF3N2O3/c18-11-5-3-10(4-6-11)15(25)14-12(22-23-16(14)17(19,20)21)7-13(26-8-24)9-1-2-9/h3-6,8-9,13,15,25H,1-2,7H2,(H,22,23). The fourth-order valence-corrected chi connectivity index (χ4v) is 3.05. The van der Waals surface area contributed by atoms with Crippen molar-refractivity contribution in [1.29, 1.82) is 0 Å². The molecule has 5 nitrogen and oxygen atoms in total. The number of aromatic nitrogens is 2. The van der Waals surface area contributed by atoms with Gasteiger partial charge in [-0.1, -0.05) is 23.7 Å². The van der Waals surface area contributed by atoms with E-state index in [1.54, 1.807) is 0 Å². The van der Waals surface area contributed by atoms with Gasteiger partial charge in [-0.3, -0.25) is 9.89 Å². The molecule has 1 saturated carbocycles. The lowest BCUT2D eigenvalue weighted by Crippen LogP contribution is -2.20. The topological polar surface area (TPSA) is 75.2 Å². The second kappa shape index (κ2) is 7.28. The van der Waals surface area contributed by atoms with Crippen molar-refractivity contribution in [3.63, 3.8) is 0 Å². The predicted molar refractivity (Wildman–Crippen MR) is 86.5 cm³/mol. The van der Waals surface area contributed by atoms with E-state index >= 15 is 0 Å². The van der Waals surface area contributed by atoms with Crippen molar-refractivity contribution < 1.29 is 27.8 Å². The van der Waals surface area contributed by atoms with Gasteiger partial charge in [0.2, 0.25) is 0 Å². The number of H-pyrrole nitrogens is 1. The molecule has 140 valence electrons. The summed E-state index contributed by atoms with van der Waals surface area (Å²) in [4.78, 5) is 10.7. The Balaban J connectivity index is 1.98. The minimum absolute atomic E-state index is 0.00400. The summed E-state index contributed by atoms with van der Waals surface area (Å²) in [6, 6.07) is 5.86. The minimum Gasteiger partial charge on any atom is -0.464 e. The van der Waals surface area contributed by atoms with E-state index < -0.39 is 24.1 Å². The van der Waals surface area contributed by atoms with Crippen molar-refractivity contribution in [1.82, 2.24) is 10.2 Å². The number of carbonyl (C=O) groups is 1. The zero-order valence-electron chi connectivity index (χ0n) is 13.5. The molecule has 2 aromatic rings. The number of benzene rings is 1. The molecule has 0 radical (unpaired) electrons. The monoisotopic (exact) mass is 388 g/mol. The van der Waals surface area contributed by atoms with Crippen molar-refractivity contribution in [2.24, 2.45) is 5.92 Å². The maximum atomic E-state index is 13.4. The zero-order chi connectivity index (χ0) is 18.9. The lowest BCUT2D eigenvalue weighted by atomic mass is 9.96. The highest BCUT2D eigenvalue weighted by Crippen LogP contribution is 2.40. The van der Waals surface area contributed by atoms with Gasteiger partial charge in [0.15, 0.2) is 0 Å². The van der Waals surface area contributed by atoms with Crippen LogP contribution in [0.1, 0.15) is 41.5 Å². The van der Waals surface area contributed by atoms with E-state index in [-0.39, 0.29) is 35.6 Å². The van der Waals surface area contributed by atoms with Crippen LogP contribution in [0, 0.1) is 5.92 Å². The molecule has 0 spiro atoms. The van der Waals surface area contributed by atoms with Crippen LogP contribution in [0.3, 0.4) is 0 Å². The van der Waals surface area contributed by atoms with Gasteiger partial charge >= 0.3 is 6.18 Å². The molecule has 0 bridgehead atoms. The van der Waals surface area contributed by atoms with Crippen LogP contribution in [0.15, 0.2) is 24.3 Å². The maximum Gasteiger partial charge on any atom is 0.433 e. The Morgan fingerprint density at radius 2 is 2.00 bits per heavy atom. The lowest BCUT2D eigenvalue weighted by molar-refractivity contribution is -0.142. The van der Waals surface area contributed by atoms with Gasteiger partial charge in [0, 0.05) is 17.0 Å². The Hall–Kier alpha value is -2.06. The number of carbonyl (C=O) groups excluding carboxylic acids is 1. The highest BCUT2D eigenvalue weighted by atomic mass is 35.5. The Morgan fingerprint density at radius 1 is 1.35 bits per heavy atom. The third-order valence-corrected chi connectivity index (χ3v) is 4.65. The van der Waals surface area contributed by atoms with E-state index in [1.807, 2.05) is 5.10 Å². The molecule has 3 rings (SSSR count). The highest BCUT2D eigenvalue weighted by Gasteiger charge is 2.41. The lowest BCUT2D eigenvalue weighted by Gasteiger charge is -2.18. The predicted octanol–water partition coefficient (Wildman–Crippen LogP) is 3.66. The van der Waals surface area contributed by atoms with E-state index in [9.17, 15) is 23.1 Å². The molecule has 1 aromatic carbocycles. The van der Waals surface area contributed by atoms with Gasteiger partial charge < -0.3 is 9.84 Å². The quantitative estimate of drug-likeness (QED) is 0.710. The molecule has 1 aromatic heterocycles. The fourth-order valence-electron chi connectivity index (χ4n) is 2.92. The van der Waals surface area contributed by atoms with Crippen LogP contribution in [0.2, 0.25) is 5.02 Å². The second-order valence-corrected chi connectivity index (χ2v) is 6.66. The van der Waals surface area contributed by atoms with Gasteiger partial charge in [0.1, 0.15) is 17.9 Å². The van der Waals surface area contributed by atoms with E-state index in [0.29, 0.717) is 5.02 Å². The molecule has 1 fully saturated rings. The van der Waals surface area contributed by atoms with Crippen LogP contribution in [-0.4, -0.2) is 27.9 Å². The fraction of sp³-hybridized carbons (Fsp3) is 0.412. The van der Waals surface area contributed by atoms with E-state index in [1.165, 1.54) is 24.3 Å². The Kier molecular flexibility index (Phi) is 5.24. The molecule has 9 heteroatoms. The van der Waals surface area contributed by atoms with Crippen LogP contribution in [0.5, 0.6) is 0 Å². The number of hydrogen-bond acceptors (Lipinski definition) is 4. The SMILES string of the molecule is O=COC(Cc1n[nH]c(C(F)(F)F)c1C(O)c1ccc(Cl)cc1)C1CC1. The summed E-state index contributed by atoms with van der Waals surface area (Å²) in [5.74, 6) is 0.103. The Morgan fingerprint density at radius 3 is 2.54 bits per heavy atom. The first-order valence-electron chi connectivity index (χ1n) is 7.98. The summed E-state index contributed by atoms with van der Waals surface area (Å²) >= 11 is 5.79. The number of aromatic amines is 1. The normalized spacial score (nSPS) is 17.0. The molecular formula is C17H16ClF3N2O3. The Labute approximate surface area is 152 Å². The van der Waals surface area contributed by atoms with E-state index in [2.05, 4.69) is 5.10 Å². The molecule has 0 aliphatic heterocycles. The third kappa shape index (κ3) is 4.02. The molecule has 1 aliphatic carbocycles. The summed E-state index contributed by atoms with van der Waals surface area (Å²) in [5, 5.41) is 16.7. The number of nitrogens with one attached hydrogen (secondary N) is 1. The largest absolute Gasteiger partial charge is 0.464 e. The Bertz CT molecular complexity index is 773. The van der Waals surface area contributed by atoms with Gasteiger partial charge in [0.25, 0.3) is 6.47 Å². The van der Waals surface area contributed by atoms with E-state index in [0.717, 1.165) is 12.8 Å². The van der Waals surface area contributed by atoms with Crippen LogP contribution in [-0.2, 0) is 22.1 Å². The molecule has 2 N–H and O–H groups in total. The molecule has 0 saturated heterocycles. The van der Waals surface area contributed by atoms with Crippen molar-refractivity contribution in [2.45, 2.75) is 37.6 Å². The number of alkyl halides is 3. The van der Waals surface area contributed by atoms with Crippen molar-refractivity contribution in [3.05, 3.63) is 51.8 Å². The summed E-state index contributed by atoms with van der Waals surface area (Å²) in [6.45, 7) is 0.287. The number of aliphatic hydroxyl groups is 1. The molecule has 1 heterocycles. The van der Waals surface area contributed by atoms with Crippen molar-refractivity contribution >= 4 is 18.1 Å². The van der Waals surface area contributed by atoms with Gasteiger partial charge in [-0.05, 0) is 36.5 Å². The molecule has 1 aliphatic rings. The number of halogens is 4. The first-order chi connectivity index (χ1) is 12.3. The number of nitrogens with zero attached hydrogens (tertiary/aromatic N) is 1. The molecule has 0 amide bonds. The van der Waals surface area contributed by atoms with Gasteiger partial charge in [-0.25, -0.2) is 0 Å². The minimum atomic E-state index is -4.71. The van der Waals surface area contributed by atoms with Gasteiger partial charge in [0.05, 0.1) is 5.69 Å². The molecule has 26 heavy (non-hydrogen) atoms. The van der Waals surface area contributed by atoms with Gasteiger partial charge in [-0.15, -0.1) is 0 Å². The molecule has 2 atom stereocenters. The number of ether oxygens (including phenoxy) is 1. The average Bonchev–Trinajstić information content (AvgIpc) is 3.33. The van der Waals surface area contributed by atoms with Gasteiger partial charge in [-0.2, -0.15) is 18.3 Å². The van der Waals surface area contributed by atoms with Crippen LogP contribution in [0.25, 0.3) is 0 Å². The summed E-state index contributed by atoms with van der Waals surface area (Å²) < 4.78 is 45.1. The average molecular weight is 389 g/mol. The number of aliphatic hydroxyl groups excluding tert-OH is 1. The van der Waals surface area contributed by atoms with E-state index in [4.69, 9.17) is 16.3 Å². The first-order valence-corrected chi connectivity index (χ1v) is 8.36. The van der Waals surface area contributed by atoms with Crippen molar-refractivity contribution in [3.8, 4) is 0 Å². The smallest absolute Gasteiger partial charge is 0.433 e. The second-order valence-electron chi connectivity index (χ2n) is 6.22. The summed E-state index contributed by atoms with van der Waals surface area (Å²) in [7, 11) is 0. The number of rotatable bonds is 7. The molecular weight excluding hydrogens is 373 g/mol. The highest BCUT2D eigenvalue weighted by molar-refractivity contribution is 6.30. The maximum absolute atomic E-state index is 13.4. The summed E-state index contributed by atoms with van der Waals surface area (Å²) in [5.41, 5.74) is -1.20. The van der Waals surface area contributed by atoms with Crippen LogP contribution >= 0.6 is 11.6 Å². The molecule has 2 unspecified atom stereocenters. The van der Waals surface area contributed by atoms with Crippen LogP contribution < -0.4 is 0 Å². The summed E-state index contributed by atoms with van der Waals surface area (Å²) in [6.07, 6.45) is -5.15.